The van der Waals surface area contributed by atoms with Crippen molar-refractivity contribution in [2.24, 2.45) is 0 Å². The zero-order valence-electron chi connectivity index (χ0n) is 11.6. The molecule has 106 valence electrons. The third kappa shape index (κ3) is 3.59. The molecule has 1 atom stereocenters. The molecule has 0 radical (unpaired) electrons. The highest BCUT2D eigenvalue weighted by Crippen LogP contribution is 2.27. The normalized spacial score (nSPS) is 21.7. The SMILES string of the molecule is CN1CCN(C)C(CNCc2cccc(O)c2O)C1. The summed E-state index contributed by atoms with van der Waals surface area (Å²) in [6, 6.07) is 5.53. The first kappa shape index (κ1) is 14.1. The van der Waals surface area contributed by atoms with Gasteiger partial charge in [-0.2, -0.15) is 0 Å². The van der Waals surface area contributed by atoms with Crippen LogP contribution in [0.4, 0.5) is 0 Å². The molecule has 0 bridgehead atoms. The van der Waals surface area contributed by atoms with Crippen LogP contribution in [-0.4, -0.2) is 66.3 Å². The molecular weight excluding hydrogens is 242 g/mol. The largest absolute Gasteiger partial charge is 0.504 e. The highest BCUT2D eigenvalue weighted by molar-refractivity contribution is 5.44. The monoisotopic (exact) mass is 265 g/mol. The van der Waals surface area contributed by atoms with Gasteiger partial charge in [0.2, 0.25) is 0 Å². The van der Waals surface area contributed by atoms with Crippen LogP contribution in [0.2, 0.25) is 0 Å². The zero-order chi connectivity index (χ0) is 13.8. The highest BCUT2D eigenvalue weighted by Gasteiger charge is 2.21. The van der Waals surface area contributed by atoms with Crippen LogP contribution in [0.5, 0.6) is 11.5 Å². The topological polar surface area (TPSA) is 59.0 Å². The van der Waals surface area contributed by atoms with E-state index in [0.29, 0.717) is 12.6 Å². The summed E-state index contributed by atoms with van der Waals surface area (Å²) in [4.78, 5) is 4.69. The molecule has 0 aliphatic carbocycles. The van der Waals surface area contributed by atoms with Crippen LogP contribution in [0.3, 0.4) is 0 Å². The van der Waals surface area contributed by atoms with E-state index in [1.807, 2.05) is 6.07 Å². The standard InChI is InChI=1S/C14H23N3O2/c1-16-6-7-17(2)12(10-16)9-15-8-11-4-3-5-13(18)14(11)19/h3-5,12,15,18-19H,6-10H2,1-2H3. The van der Waals surface area contributed by atoms with Crippen LogP contribution in [0.1, 0.15) is 5.56 Å². The lowest BCUT2D eigenvalue weighted by Gasteiger charge is -2.37. The van der Waals surface area contributed by atoms with Crippen molar-refractivity contribution >= 4 is 0 Å². The number of nitrogens with one attached hydrogen (secondary N) is 1. The fraction of sp³-hybridized carbons (Fsp3) is 0.571. The molecule has 0 saturated carbocycles. The third-order valence-corrected chi connectivity index (χ3v) is 3.77. The van der Waals surface area contributed by atoms with Gasteiger partial charge in [-0.1, -0.05) is 12.1 Å². The maximum Gasteiger partial charge on any atom is 0.161 e. The van der Waals surface area contributed by atoms with Gasteiger partial charge in [0.05, 0.1) is 0 Å². The van der Waals surface area contributed by atoms with E-state index in [0.717, 1.165) is 31.7 Å². The molecule has 1 heterocycles. The summed E-state index contributed by atoms with van der Waals surface area (Å²) in [6.45, 7) is 4.68. The lowest BCUT2D eigenvalue weighted by Crippen LogP contribution is -2.53. The second kappa shape index (κ2) is 6.23. The van der Waals surface area contributed by atoms with Gasteiger partial charge in [-0.15, -0.1) is 0 Å². The third-order valence-electron chi connectivity index (χ3n) is 3.77. The van der Waals surface area contributed by atoms with Crippen LogP contribution in [0.15, 0.2) is 18.2 Å². The van der Waals surface area contributed by atoms with Crippen molar-refractivity contribution in [1.82, 2.24) is 15.1 Å². The molecule has 5 heteroatoms. The number of hydrogen-bond acceptors (Lipinski definition) is 5. The summed E-state index contributed by atoms with van der Waals surface area (Å²) in [5.74, 6) is -0.0852. The van der Waals surface area contributed by atoms with E-state index >= 15 is 0 Å². The summed E-state index contributed by atoms with van der Waals surface area (Å²) >= 11 is 0. The molecule has 1 aromatic carbocycles. The number of rotatable bonds is 4. The highest BCUT2D eigenvalue weighted by atomic mass is 16.3. The van der Waals surface area contributed by atoms with Gasteiger partial charge in [0.15, 0.2) is 11.5 Å². The van der Waals surface area contributed by atoms with Crippen molar-refractivity contribution in [2.75, 3.05) is 40.3 Å². The van der Waals surface area contributed by atoms with Crippen molar-refractivity contribution < 1.29 is 10.2 Å². The summed E-state index contributed by atoms with van der Waals surface area (Å²) in [7, 11) is 4.28. The van der Waals surface area contributed by atoms with Crippen molar-refractivity contribution in [3.05, 3.63) is 23.8 Å². The fourth-order valence-corrected chi connectivity index (χ4v) is 2.42. The number of likely N-dealkylation sites (N-methyl/N-ethyl adjacent to an activating group) is 2. The van der Waals surface area contributed by atoms with E-state index in [2.05, 4.69) is 29.2 Å². The molecule has 1 aliphatic heterocycles. The van der Waals surface area contributed by atoms with Gasteiger partial charge in [-0.3, -0.25) is 4.90 Å². The van der Waals surface area contributed by atoms with Gasteiger partial charge in [0.25, 0.3) is 0 Å². The molecule has 0 aromatic heterocycles. The van der Waals surface area contributed by atoms with E-state index in [-0.39, 0.29) is 11.5 Å². The van der Waals surface area contributed by atoms with Gasteiger partial charge in [-0.25, -0.2) is 0 Å². The minimum atomic E-state index is -0.0613. The zero-order valence-corrected chi connectivity index (χ0v) is 11.6. The number of nitrogens with zero attached hydrogens (tertiary/aromatic N) is 2. The van der Waals surface area contributed by atoms with Gasteiger partial charge in [0.1, 0.15) is 0 Å². The van der Waals surface area contributed by atoms with Crippen molar-refractivity contribution in [3.63, 3.8) is 0 Å². The first-order chi connectivity index (χ1) is 9.08. The first-order valence-corrected chi connectivity index (χ1v) is 6.67. The minimum Gasteiger partial charge on any atom is -0.504 e. The Labute approximate surface area is 114 Å². The Morgan fingerprint density at radius 3 is 2.84 bits per heavy atom. The van der Waals surface area contributed by atoms with E-state index < -0.39 is 0 Å². The molecule has 1 unspecified atom stereocenters. The second-order valence-electron chi connectivity index (χ2n) is 5.31. The van der Waals surface area contributed by atoms with Crippen LogP contribution >= 0.6 is 0 Å². The number of benzene rings is 1. The Kier molecular flexibility index (Phi) is 4.63. The molecule has 1 saturated heterocycles. The van der Waals surface area contributed by atoms with Crippen molar-refractivity contribution in [3.8, 4) is 11.5 Å². The number of phenols is 2. The Balaban J connectivity index is 1.84. The maximum atomic E-state index is 9.72. The molecule has 1 fully saturated rings. The van der Waals surface area contributed by atoms with Crippen LogP contribution in [0, 0.1) is 0 Å². The summed E-state index contributed by atoms with van der Waals surface area (Å²) in [5, 5.41) is 22.5. The number of aromatic hydroxyl groups is 2. The van der Waals surface area contributed by atoms with Crippen molar-refractivity contribution in [2.45, 2.75) is 12.6 Å². The molecule has 0 amide bonds. The molecule has 0 spiro atoms. The quantitative estimate of drug-likeness (QED) is 0.689. The Hall–Kier alpha value is -1.30. The molecule has 5 nitrogen and oxygen atoms in total. The summed E-state index contributed by atoms with van der Waals surface area (Å²) < 4.78 is 0. The molecular formula is C14H23N3O2. The lowest BCUT2D eigenvalue weighted by molar-refractivity contribution is 0.113. The van der Waals surface area contributed by atoms with Crippen LogP contribution < -0.4 is 5.32 Å². The molecule has 2 rings (SSSR count). The fourth-order valence-electron chi connectivity index (χ4n) is 2.42. The van der Waals surface area contributed by atoms with Gasteiger partial charge in [-0.05, 0) is 20.2 Å². The number of hydrogen-bond donors (Lipinski definition) is 3. The van der Waals surface area contributed by atoms with Gasteiger partial charge in [0, 0.05) is 44.3 Å². The first-order valence-electron chi connectivity index (χ1n) is 6.67. The van der Waals surface area contributed by atoms with Gasteiger partial charge >= 0.3 is 0 Å². The van der Waals surface area contributed by atoms with E-state index in [1.165, 1.54) is 6.07 Å². The predicted octanol–water partition coefficient (Wildman–Crippen LogP) is 0.433. The average Bonchev–Trinajstić information content (AvgIpc) is 2.38. The smallest absolute Gasteiger partial charge is 0.161 e. The number of para-hydroxylation sites is 1. The van der Waals surface area contributed by atoms with Crippen LogP contribution in [-0.2, 0) is 6.54 Å². The predicted molar refractivity (Wildman–Crippen MR) is 75.4 cm³/mol. The second-order valence-corrected chi connectivity index (χ2v) is 5.31. The number of piperazine rings is 1. The maximum absolute atomic E-state index is 9.72. The average molecular weight is 265 g/mol. The van der Waals surface area contributed by atoms with E-state index in [4.69, 9.17) is 0 Å². The Bertz CT molecular complexity index is 425. The molecule has 3 N–H and O–H groups in total. The lowest BCUT2D eigenvalue weighted by atomic mass is 10.1. The summed E-state index contributed by atoms with van der Waals surface area (Å²) in [6.07, 6.45) is 0. The summed E-state index contributed by atoms with van der Waals surface area (Å²) in [5.41, 5.74) is 0.729. The van der Waals surface area contributed by atoms with Gasteiger partial charge < -0.3 is 20.4 Å². The number of phenolic OH excluding ortho intramolecular Hbond substituents is 2. The van der Waals surface area contributed by atoms with Crippen molar-refractivity contribution in [1.29, 1.82) is 0 Å². The Morgan fingerprint density at radius 2 is 2.05 bits per heavy atom. The van der Waals surface area contributed by atoms with E-state index in [9.17, 15) is 10.2 Å². The minimum absolute atomic E-state index is 0.0240. The molecule has 1 aromatic rings. The Morgan fingerprint density at radius 1 is 1.26 bits per heavy atom. The molecule has 19 heavy (non-hydrogen) atoms. The van der Waals surface area contributed by atoms with E-state index in [1.54, 1.807) is 6.07 Å². The van der Waals surface area contributed by atoms with Crippen LogP contribution in [0.25, 0.3) is 0 Å². The molecule has 1 aliphatic rings.